The van der Waals surface area contributed by atoms with E-state index in [0.717, 1.165) is 5.69 Å². The summed E-state index contributed by atoms with van der Waals surface area (Å²) in [5.41, 5.74) is 1.23. The quantitative estimate of drug-likeness (QED) is 0.729. The normalized spacial score (nSPS) is 14.3. The number of hydrogen-bond donors (Lipinski definition) is 1. The summed E-state index contributed by atoms with van der Waals surface area (Å²) in [5, 5.41) is 3.23. The van der Waals surface area contributed by atoms with Gasteiger partial charge in [-0.25, -0.2) is 0 Å². The molecule has 2 aromatic carbocycles. The van der Waals surface area contributed by atoms with Gasteiger partial charge in [-0.1, -0.05) is 29.8 Å². The molecule has 7 nitrogen and oxygen atoms in total. The van der Waals surface area contributed by atoms with Crippen LogP contribution < -0.4 is 14.8 Å². The maximum absolute atomic E-state index is 12.9. The molecule has 0 radical (unpaired) electrons. The molecule has 0 bridgehead atoms. The third-order valence-corrected chi connectivity index (χ3v) is 5.13. The molecule has 1 aliphatic rings. The molecular formula is C22H26ClN3O4. The minimum Gasteiger partial charge on any atom is -0.493 e. The first-order valence-electron chi connectivity index (χ1n) is 9.88. The third kappa shape index (κ3) is 5.43. The van der Waals surface area contributed by atoms with Crippen molar-refractivity contribution >= 4 is 29.1 Å². The van der Waals surface area contributed by atoms with E-state index >= 15 is 0 Å². The Bertz CT molecular complexity index is 883. The average Bonchev–Trinajstić information content (AvgIpc) is 2.75. The van der Waals surface area contributed by atoms with E-state index in [9.17, 15) is 9.59 Å². The summed E-state index contributed by atoms with van der Waals surface area (Å²) < 4.78 is 10.8. The Kier molecular flexibility index (Phi) is 7.54. The summed E-state index contributed by atoms with van der Waals surface area (Å²) in [6, 6.07) is 12.6. The van der Waals surface area contributed by atoms with Gasteiger partial charge in [-0.3, -0.25) is 14.5 Å². The molecule has 8 heteroatoms. The monoisotopic (exact) mass is 431 g/mol. The van der Waals surface area contributed by atoms with Crippen LogP contribution in [0.5, 0.6) is 11.5 Å². The number of nitrogens with one attached hydrogen (secondary N) is 1. The van der Waals surface area contributed by atoms with Gasteiger partial charge >= 0.3 is 0 Å². The molecule has 1 aliphatic heterocycles. The molecule has 1 N–H and O–H groups in total. The number of piperazine rings is 1. The van der Waals surface area contributed by atoms with Crippen LogP contribution in [0.1, 0.15) is 17.3 Å². The number of carbonyl (C=O) groups is 2. The minimum atomic E-state index is -0.119. The van der Waals surface area contributed by atoms with Gasteiger partial charge in [0, 0.05) is 37.4 Å². The van der Waals surface area contributed by atoms with Gasteiger partial charge in [0.25, 0.3) is 5.91 Å². The first-order valence-corrected chi connectivity index (χ1v) is 10.3. The van der Waals surface area contributed by atoms with Crippen LogP contribution in [-0.2, 0) is 4.79 Å². The number of amides is 2. The topological polar surface area (TPSA) is 71.1 Å². The van der Waals surface area contributed by atoms with Crippen LogP contribution in [0.25, 0.3) is 0 Å². The summed E-state index contributed by atoms with van der Waals surface area (Å²) >= 11 is 6.29. The highest BCUT2D eigenvalue weighted by Gasteiger charge is 2.25. The molecule has 1 saturated heterocycles. The molecule has 0 atom stereocenters. The Hall–Kier alpha value is -2.77. The summed E-state index contributed by atoms with van der Waals surface area (Å²) in [4.78, 5) is 29.0. The number of rotatable bonds is 7. The Morgan fingerprint density at radius 1 is 1.10 bits per heavy atom. The van der Waals surface area contributed by atoms with Crippen LogP contribution in [0.4, 0.5) is 5.69 Å². The lowest BCUT2D eigenvalue weighted by atomic mass is 10.1. The number of carbonyl (C=O) groups excluding carboxylic acids is 2. The van der Waals surface area contributed by atoms with Crippen molar-refractivity contribution in [3.8, 4) is 11.5 Å². The number of nitrogens with zero attached hydrogens (tertiary/aromatic N) is 2. The number of anilines is 1. The Morgan fingerprint density at radius 3 is 2.43 bits per heavy atom. The van der Waals surface area contributed by atoms with E-state index in [0.29, 0.717) is 61.4 Å². The van der Waals surface area contributed by atoms with Crippen LogP contribution in [-0.4, -0.2) is 68.1 Å². The SMILES string of the molecule is CCOc1c(Cl)cc(C(=O)N2CCN(CC(=O)Nc3ccccc3)CC2)cc1OC. The van der Waals surface area contributed by atoms with Crippen LogP contribution in [0.2, 0.25) is 5.02 Å². The maximum Gasteiger partial charge on any atom is 0.254 e. The largest absolute Gasteiger partial charge is 0.493 e. The van der Waals surface area contributed by atoms with E-state index in [-0.39, 0.29) is 11.8 Å². The van der Waals surface area contributed by atoms with Gasteiger partial charge in [-0.05, 0) is 31.2 Å². The van der Waals surface area contributed by atoms with Crippen molar-refractivity contribution in [3.63, 3.8) is 0 Å². The van der Waals surface area contributed by atoms with Gasteiger partial charge in [-0.2, -0.15) is 0 Å². The molecule has 0 unspecified atom stereocenters. The molecule has 0 spiro atoms. The highest BCUT2D eigenvalue weighted by atomic mass is 35.5. The first-order chi connectivity index (χ1) is 14.5. The Labute approximate surface area is 181 Å². The van der Waals surface area contributed by atoms with E-state index in [1.807, 2.05) is 42.2 Å². The summed E-state index contributed by atoms with van der Waals surface area (Å²) in [5.74, 6) is 0.687. The standard InChI is InChI=1S/C22H26ClN3O4/c1-3-30-21-18(23)13-16(14-19(21)29-2)22(28)26-11-9-25(10-12-26)15-20(27)24-17-7-5-4-6-8-17/h4-8,13-14H,3,9-12,15H2,1-2H3,(H,24,27). The maximum atomic E-state index is 12.9. The highest BCUT2D eigenvalue weighted by Crippen LogP contribution is 2.36. The van der Waals surface area contributed by atoms with Crippen molar-refractivity contribution in [2.45, 2.75) is 6.92 Å². The Morgan fingerprint density at radius 2 is 1.80 bits per heavy atom. The van der Waals surface area contributed by atoms with Crippen molar-refractivity contribution in [1.29, 1.82) is 0 Å². The number of halogens is 1. The molecule has 160 valence electrons. The van der Waals surface area contributed by atoms with Gasteiger partial charge < -0.3 is 19.7 Å². The van der Waals surface area contributed by atoms with Crippen molar-refractivity contribution in [2.75, 3.05) is 51.8 Å². The molecule has 3 rings (SSSR count). The lowest BCUT2D eigenvalue weighted by Crippen LogP contribution is -2.50. The second kappa shape index (κ2) is 10.3. The van der Waals surface area contributed by atoms with E-state index in [1.54, 1.807) is 17.0 Å². The number of hydrogen-bond acceptors (Lipinski definition) is 5. The number of ether oxygens (including phenoxy) is 2. The predicted molar refractivity (Wildman–Crippen MR) is 117 cm³/mol. The lowest BCUT2D eigenvalue weighted by Gasteiger charge is -2.34. The zero-order valence-electron chi connectivity index (χ0n) is 17.2. The van der Waals surface area contributed by atoms with Crippen LogP contribution >= 0.6 is 11.6 Å². The van der Waals surface area contributed by atoms with Gasteiger partial charge in [0.2, 0.25) is 5.91 Å². The number of benzene rings is 2. The Balaban J connectivity index is 1.56. The molecule has 2 aromatic rings. The van der Waals surface area contributed by atoms with Gasteiger partial charge in [-0.15, -0.1) is 0 Å². The van der Waals surface area contributed by atoms with Crippen molar-refractivity contribution in [1.82, 2.24) is 9.80 Å². The molecule has 2 amide bonds. The zero-order valence-corrected chi connectivity index (χ0v) is 17.9. The van der Waals surface area contributed by atoms with Gasteiger partial charge in [0.15, 0.2) is 11.5 Å². The predicted octanol–water partition coefficient (Wildman–Crippen LogP) is 3.14. The van der Waals surface area contributed by atoms with E-state index in [2.05, 4.69) is 5.32 Å². The molecular weight excluding hydrogens is 406 g/mol. The smallest absolute Gasteiger partial charge is 0.254 e. The number of para-hydroxylation sites is 1. The number of methoxy groups -OCH3 is 1. The second-order valence-electron chi connectivity index (χ2n) is 6.91. The molecule has 0 aromatic heterocycles. The van der Waals surface area contributed by atoms with E-state index < -0.39 is 0 Å². The zero-order chi connectivity index (χ0) is 21.5. The molecule has 1 heterocycles. The van der Waals surface area contributed by atoms with Crippen LogP contribution in [0.15, 0.2) is 42.5 Å². The summed E-state index contributed by atoms with van der Waals surface area (Å²) in [6.45, 7) is 4.90. The highest BCUT2D eigenvalue weighted by molar-refractivity contribution is 6.32. The fraction of sp³-hybridized carbons (Fsp3) is 0.364. The summed E-state index contributed by atoms with van der Waals surface area (Å²) in [7, 11) is 1.52. The van der Waals surface area contributed by atoms with Crippen molar-refractivity contribution in [2.24, 2.45) is 0 Å². The molecule has 0 aliphatic carbocycles. The second-order valence-corrected chi connectivity index (χ2v) is 7.31. The molecule has 1 fully saturated rings. The van der Waals surface area contributed by atoms with Gasteiger partial charge in [0.05, 0.1) is 25.3 Å². The lowest BCUT2D eigenvalue weighted by molar-refractivity contribution is -0.117. The summed E-state index contributed by atoms with van der Waals surface area (Å²) in [6.07, 6.45) is 0. The van der Waals surface area contributed by atoms with Crippen LogP contribution in [0, 0.1) is 0 Å². The van der Waals surface area contributed by atoms with Gasteiger partial charge in [0.1, 0.15) is 0 Å². The van der Waals surface area contributed by atoms with E-state index in [1.165, 1.54) is 7.11 Å². The fourth-order valence-corrected chi connectivity index (χ4v) is 3.61. The first kappa shape index (κ1) is 21.9. The molecule has 30 heavy (non-hydrogen) atoms. The van der Waals surface area contributed by atoms with Crippen molar-refractivity contribution in [3.05, 3.63) is 53.1 Å². The fourth-order valence-electron chi connectivity index (χ4n) is 3.34. The van der Waals surface area contributed by atoms with Crippen LogP contribution in [0.3, 0.4) is 0 Å². The minimum absolute atomic E-state index is 0.0657. The average molecular weight is 432 g/mol. The van der Waals surface area contributed by atoms with E-state index in [4.69, 9.17) is 21.1 Å². The van der Waals surface area contributed by atoms with Crippen molar-refractivity contribution < 1.29 is 19.1 Å². The molecule has 0 saturated carbocycles. The third-order valence-electron chi connectivity index (χ3n) is 4.85.